The number of anilines is 1. The first kappa shape index (κ1) is 16.8. The second-order valence-electron chi connectivity index (χ2n) is 5.05. The normalized spacial score (nSPS) is 11.1. The van der Waals surface area contributed by atoms with E-state index in [0.29, 0.717) is 17.6 Å². The molecule has 2 aromatic heterocycles. The van der Waals surface area contributed by atoms with E-state index in [1.54, 1.807) is 9.95 Å². The summed E-state index contributed by atoms with van der Waals surface area (Å²) in [5.41, 5.74) is 0.884. The lowest BCUT2D eigenvalue weighted by Gasteiger charge is -2.06. The molecule has 8 heteroatoms. The molecule has 2 heterocycles. The van der Waals surface area contributed by atoms with Crippen LogP contribution >= 0.6 is 22.7 Å². The molecule has 0 aliphatic carbocycles. The Kier molecular flexibility index (Phi) is 5.84. The van der Waals surface area contributed by atoms with Gasteiger partial charge in [0.15, 0.2) is 0 Å². The van der Waals surface area contributed by atoms with Gasteiger partial charge in [-0.3, -0.25) is 9.59 Å². The highest BCUT2D eigenvalue weighted by Gasteiger charge is 2.14. The van der Waals surface area contributed by atoms with Gasteiger partial charge in [-0.15, -0.1) is 10.2 Å². The van der Waals surface area contributed by atoms with Crippen molar-refractivity contribution < 1.29 is 4.79 Å². The molecule has 0 radical (unpaired) electrons. The lowest BCUT2D eigenvalue weighted by atomic mass is 10.1. The summed E-state index contributed by atoms with van der Waals surface area (Å²) in [6, 6.07) is 0. The molecular weight excluding hydrogens is 320 g/mol. The van der Waals surface area contributed by atoms with Gasteiger partial charge in [-0.05, 0) is 19.8 Å². The van der Waals surface area contributed by atoms with Gasteiger partial charge in [0, 0.05) is 30.0 Å². The van der Waals surface area contributed by atoms with Gasteiger partial charge >= 0.3 is 4.87 Å². The minimum Gasteiger partial charge on any atom is -0.303 e. The molecular formula is C14H20N4O2S2. The van der Waals surface area contributed by atoms with Crippen molar-refractivity contribution in [2.45, 2.75) is 52.5 Å². The van der Waals surface area contributed by atoms with E-state index in [0.717, 1.165) is 34.9 Å². The summed E-state index contributed by atoms with van der Waals surface area (Å²) in [6.45, 7) is 6.49. The average Bonchev–Trinajstić information content (AvgIpc) is 3.06. The maximum atomic E-state index is 12.0. The van der Waals surface area contributed by atoms with Crippen LogP contribution in [0.4, 0.5) is 5.13 Å². The lowest BCUT2D eigenvalue weighted by molar-refractivity contribution is -0.116. The van der Waals surface area contributed by atoms with Crippen molar-refractivity contribution in [1.29, 1.82) is 0 Å². The number of nitrogens with one attached hydrogen (secondary N) is 1. The van der Waals surface area contributed by atoms with Gasteiger partial charge in [0.1, 0.15) is 5.01 Å². The molecule has 0 fully saturated rings. The number of nitrogens with zero attached hydrogens (tertiary/aromatic N) is 3. The lowest BCUT2D eigenvalue weighted by Crippen LogP contribution is -2.20. The van der Waals surface area contributed by atoms with E-state index in [-0.39, 0.29) is 17.2 Å². The Labute approximate surface area is 137 Å². The number of thiazole rings is 1. The predicted octanol–water partition coefficient (Wildman–Crippen LogP) is 3.00. The second kappa shape index (κ2) is 7.64. The number of hydrogen-bond donors (Lipinski definition) is 1. The molecule has 1 N–H and O–H groups in total. The van der Waals surface area contributed by atoms with E-state index in [1.807, 2.05) is 6.92 Å². The van der Waals surface area contributed by atoms with Crippen LogP contribution in [0.3, 0.4) is 0 Å². The third-order valence-corrected chi connectivity index (χ3v) is 5.44. The van der Waals surface area contributed by atoms with Gasteiger partial charge in [-0.2, -0.15) is 0 Å². The van der Waals surface area contributed by atoms with Gasteiger partial charge in [-0.25, -0.2) is 0 Å². The fourth-order valence-corrected chi connectivity index (χ4v) is 3.95. The van der Waals surface area contributed by atoms with Crippen LogP contribution in [-0.4, -0.2) is 20.7 Å². The zero-order valence-corrected chi connectivity index (χ0v) is 14.6. The summed E-state index contributed by atoms with van der Waals surface area (Å²) in [6.07, 6.45) is 2.27. The highest BCUT2D eigenvalue weighted by molar-refractivity contribution is 7.15. The quantitative estimate of drug-likeness (QED) is 0.840. The van der Waals surface area contributed by atoms with Crippen molar-refractivity contribution in [2.24, 2.45) is 0 Å². The van der Waals surface area contributed by atoms with Crippen LogP contribution in [0.2, 0.25) is 0 Å². The Morgan fingerprint density at radius 2 is 2.09 bits per heavy atom. The molecule has 0 atom stereocenters. The predicted molar refractivity (Wildman–Crippen MR) is 89.8 cm³/mol. The maximum absolute atomic E-state index is 12.0. The topological polar surface area (TPSA) is 76.9 Å². The van der Waals surface area contributed by atoms with Crippen LogP contribution in [0.25, 0.3) is 0 Å². The summed E-state index contributed by atoms with van der Waals surface area (Å²) >= 11 is 2.58. The Morgan fingerprint density at radius 1 is 1.36 bits per heavy atom. The van der Waals surface area contributed by atoms with Crippen molar-refractivity contribution in [3.63, 3.8) is 0 Å². The molecule has 0 aliphatic heterocycles. The molecule has 0 saturated carbocycles. The fraction of sp³-hybridized carbons (Fsp3) is 0.571. The van der Waals surface area contributed by atoms with E-state index in [1.165, 1.54) is 11.3 Å². The maximum Gasteiger partial charge on any atom is 0.307 e. The number of hydrogen-bond acceptors (Lipinski definition) is 6. The molecule has 0 aromatic carbocycles. The first-order valence-electron chi connectivity index (χ1n) is 7.33. The minimum absolute atomic E-state index is 0.0303. The molecule has 22 heavy (non-hydrogen) atoms. The minimum atomic E-state index is -0.148. The summed E-state index contributed by atoms with van der Waals surface area (Å²) in [5.74, 6) is 0.250. The summed E-state index contributed by atoms with van der Waals surface area (Å²) in [5, 5.41) is 14.2. The molecule has 0 bridgehead atoms. The number of rotatable bonds is 7. The SMILES string of the molecule is CCC(CC)c1nnc(NC(=O)CCn2c(C)csc2=O)s1. The standard InChI is InChI=1S/C14H20N4O2S2/c1-4-10(5-2)12-16-17-13(22-12)15-11(19)6-7-18-9(3)8-21-14(18)20/h8,10H,4-7H2,1-3H3,(H,15,17,19). The first-order valence-corrected chi connectivity index (χ1v) is 9.02. The Morgan fingerprint density at radius 3 is 2.68 bits per heavy atom. The van der Waals surface area contributed by atoms with Crippen LogP contribution < -0.4 is 10.2 Å². The van der Waals surface area contributed by atoms with Crippen molar-refractivity contribution in [3.8, 4) is 0 Å². The molecule has 0 spiro atoms. The van der Waals surface area contributed by atoms with E-state index < -0.39 is 0 Å². The van der Waals surface area contributed by atoms with Crippen LogP contribution in [0.1, 0.15) is 49.7 Å². The largest absolute Gasteiger partial charge is 0.307 e. The number of aryl methyl sites for hydroxylation is 1. The molecule has 2 rings (SSSR count). The fourth-order valence-electron chi connectivity index (χ4n) is 2.16. The highest BCUT2D eigenvalue weighted by Crippen LogP contribution is 2.28. The van der Waals surface area contributed by atoms with Gasteiger partial charge < -0.3 is 9.88 Å². The van der Waals surface area contributed by atoms with Crippen molar-refractivity contribution in [2.75, 3.05) is 5.32 Å². The van der Waals surface area contributed by atoms with E-state index >= 15 is 0 Å². The summed E-state index contributed by atoms with van der Waals surface area (Å²) in [7, 11) is 0. The summed E-state index contributed by atoms with van der Waals surface area (Å²) in [4.78, 5) is 23.5. The zero-order chi connectivity index (χ0) is 16.1. The molecule has 2 aromatic rings. The average molecular weight is 340 g/mol. The smallest absolute Gasteiger partial charge is 0.303 e. The zero-order valence-electron chi connectivity index (χ0n) is 13.0. The van der Waals surface area contributed by atoms with Crippen molar-refractivity contribution >= 4 is 33.7 Å². The van der Waals surface area contributed by atoms with Crippen LogP contribution in [0, 0.1) is 6.92 Å². The molecule has 0 unspecified atom stereocenters. The van der Waals surface area contributed by atoms with Gasteiger partial charge in [0.25, 0.3) is 0 Å². The molecule has 120 valence electrons. The molecule has 1 amide bonds. The van der Waals surface area contributed by atoms with Crippen LogP contribution in [0.15, 0.2) is 10.2 Å². The Bertz CT molecular complexity index is 685. The highest BCUT2D eigenvalue weighted by atomic mass is 32.1. The molecule has 0 saturated heterocycles. The van der Waals surface area contributed by atoms with Gasteiger partial charge in [-0.1, -0.05) is 36.5 Å². The number of carbonyl (C=O) groups is 1. The van der Waals surface area contributed by atoms with Gasteiger partial charge in [0.05, 0.1) is 0 Å². The van der Waals surface area contributed by atoms with E-state index in [2.05, 4.69) is 29.4 Å². The number of aromatic nitrogens is 3. The van der Waals surface area contributed by atoms with Gasteiger partial charge in [0.2, 0.25) is 11.0 Å². The van der Waals surface area contributed by atoms with Crippen molar-refractivity contribution in [1.82, 2.24) is 14.8 Å². The van der Waals surface area contributed by atoms with E-state index in [9.17, 15) is 9.59 Å². The van der Waals surface area contributed by atoms with Crippen LogP contribution in [0.5, 0.6) is 0 Å². The third-order valence-electron chi connectivity index (χ3n) is 3.56. The first-order chi connectivity index (χ1) is 10.5. The Hall–Kier alpha value is -1.54. The summed E-state index contributed by atoms with van der Waals surface area (Å²) < 4.78 is 1.61. The Balaban J connectivity index is 1.91. The van der Waals surface area contributed by atoms with Crippen LogP contribution in [-0.2, 0) is 11.3 Å². The molecule has 6 nitrogen and oxygen atoms in total. The van der Waals surface area contributed by atoms with E-state index in [4.69, 9.17) is 0 Å². The van der Waals surface area contributed by atoms with Crippen molar-refractivity contribution in [3.05, 3.63) is 25.7 Å². The molecule has 0 aliphatic rings. The second-order valence-corrected chi connectivity index (χ2v) is 6.88. The number of carbonyl (C=O) groups excluding carboxylic acids is 1. The monoisotopic (exact) mass is 340 g/mol. The number of amides is 1. The third kappa shape index (κ3) is 4.01.